The fraction of sp³-hybridized carbons (Fsp3) is 0.765. The minimum absolute atomic E-state index is 0.246. The van der Waals surface area contributed by atoms with Gasteiger partial charge in [-0.25, -0.2) is 8.42 Å². The predicted octanol–water partition coefficient (Wildman–Crippen LogP) is 4.32. The SMILES string of the molecule is CC(C)(C)S(=O)(=O)C[C@@H](Cc1ccccc1)C(=O)N[C@@H](CC1CC1)C(=O)N[C@@H](CC1CCCCC1)[C@@H](O)[C@@H](O)CC1CC1. The molecule has 3 aliphatic carbocycles. The average Bonchev–Trinajstić information content (AvgIpc) is 3.89. The molecule has 3 saturated carbocycles. The van der Waals surface area contributed by atoms with E-state index in [0.717, 1.165) is 56.9 Å². The Morgan fingerprint density at radius 2 is 1.40 bits per heavy atom. The zero-order chi connectivity index (χ0) is 31.2. The topological polar surface area (TPSA) is 133 Å². The third-order valence-electron chi connectivity index (χ3n) is 9.67. The van der Waals surface area contributed by atoms with Gasteiger partial charge in [0.1, 0.15) is 12.1 Å². The number of aliphatic hydroxyl groups excluding tert-OH is 2. The molecule has 3 fully saturated rings. The molecule has 43 heavy (non-hydrogen) atoms. The van der Waals surface area contributed by atoms with Crippen LogP contribution in [0.3, 0.4) is 0 Å². The van der Waals surface area contributed by atoms with E-state index >= 15 is 0 Å². The minimum atomic E-state index is -3.61. The van der Waals surface area contributed by atoms with Gasteiger partial charge in [-0.3, -0.25) is 9.59 Å². The van der Waals surface area contributed by atoms with E-state index in [2.05, 4.69) is 10.6 Å². The number of aliphatic hydroxyl groups is 2. The van der Waals surface area contributed by atoms with Gasteiger partial charge in [0.15, 0.2) is 9.84 Å². The van der Waals surface area contributed by atoms with E-state index in [1.54, 1.807) is 20.8 Å². The Morgan fingerprint density at radius 1 is 0.814 bits per heavy atom. The van der Waals surface area contributed by atoms with Crippen molar-refractivity contribution in [2.75, 3.05) is 5.75 Å². The molecule has 1 aromatic rings. The van der Waals surface area contributed by atoms with Crippen molar-refractivity contribution in [2.24, 2.45) is 23.7 Å². The monoisotopic (exact) mass is 618 g/mol. The highest BCUT2D eigenvalue weighted by atomic mass is 32.2. The number of amides is 2. The highest BCUT2D eigenvalue weighted by Gasteiger charge is 2.39. The van der Waals surface area contributed by atoms with E-state index in [1.165, 1.54) is 6.42 Å². The van der Waals surface area contributed by atoms with Crippen LogP contribution in [0.25, 0.3) is 0 Å². The van der Waals surface area contributed by atoms with E-state index in [0.29, 0.717) is 37.0 Å². The fourth-order valence-corrected chi connectivity index (χ4v) is 7.60. The molecule has 0 radical (unpaired) electrons. The van der Waals surface area contributed by atoms with Crippen LogP contribution in [0.2, 0.25) is 0 Å². The zero-order valence-electron chi connectivity index (χ0n) is 26.3. The maximum atomic E-state index is 13.8. The van der Waals surface area contributed by atoms with Crippen molar-refractivity contribution in [3.63, 3.8) is 0 Å². The summed E-state index contributed by atoms with van der Waals surface area (Å²) in [6.07, 6.45) is 9.51. The summed E-state index contributed by atoms with van der Waals surface area (Å²) >= 11 is 0. The number of carbonyl (C=O) groups is 2. The van der Waals surface area contributed by atoms with Crippen LogP contribution in [0.1, 0.15) is 103 Å². The van der Waals surface area contributed by atoms with Gasteiger partial charge in [-0.15, -0.1) is 0 Å². The van der Waals surface area contributed by atoms with Crippen LogP contribution in [0.4, 0.5) is 0 Å². The molecule has 4 rings (SSSR count). The molecule has 0 aliphatic heterocycles. The molecule has 4 N–H and O–H groups in total. The summed E-state index contributed by atoms with van der Waals surface area (Å²) in [6, 6.07) is 7.91. The van der Waals surface area contributed by atoms with Crippen molar-refractivity contribution >= 4 is 21.7 Å². The van der Waals surface area contributed by atoms with E-state index in [9.17, 15) is 28.2 Å². The van der Waals surface area contributed by atoms with Crippen LogP contribution < -0.4 is 10.6 Å². The molecule has 0 saturated heterocycles. The second-order valence-electron chi connectivity index (χ2n) is 14.6. The van der Waals surface area contributed by atoms with Crippen molar-refractivity contribution in [3.8, 4) is 0 Å². The Hall–Kier alpha value is -1.97. The Bertz CT molecular complexity index is 1150. The standard InChI is InChI=1S/C34H54N2O6S/c1-34(2,3)43(41,42)22-27(18-23-10-6-4-7-11-23)32(39)36-29(20-25-14-15-25)33(40)35-28(19-24-12-8-5-9-13-24)31(38)30(37)21-26-16-17-26/h4,6-7,10-11,24-31,37-38H,5,8-9,12-22H2,1-3H3,(H,35,40)(H,36,39)/t27-,28+,29+,30+,31-/m1/s1. The summed E-state index contributed by atoms with van der Waals surface area (Å²) in [7, 11) is -3.61. The Morgan fingerprint density at radius 3 is 1.98 bits per heavy atom. The molecule has 242 valence electrons. The second kappa shape index (κ2) is 14.9. The van der Waals surface area contributed by atoms with Gasteiger partial charge < -0.3 is 20.8 Å². The smallest absolute Gasteiger partial charge is 0.242 e. The van der Waals surface area contributed by atoms with Crippen LogP contribution in [-0.2, 0) is 25.8 Å². The van der Waals surface area contributed by atoms with Crippen molar-refractivity contribution < 1.29 is 28.2 Å². The van der Waals surface area contributed by atoms with Crippen molar-refractivity contribution in [1.82, 2.24) is 10.6 Å². The van der Waals surface area contributed by atoms with Gasteiger partial charge >= 0.3 is 0 Å². The number of hydrogen-bond donors (Lipinski definition) is 4. The predicted molar refractivity (Wildman–Crippen MR) is 169 cm³/mol. The molecule has 1 aromatic carbocycles. The summed E-state index contributed by atoms with van der Waals surface area (Å²) < 4.78 is 25.4. The fourth-order valence-electron chi connectivity index (χ4n) is 6.30. The molecule has 8 nitrogen and oxygen atoms in total. The van der Waals surface area contributed by atoms with Crippen LogP contribution in [0.15, 0.2) is 30.3 Å². The third-order valence-corrected chi connectivity index (χ3v) is 12.4. The van der Waals surface area contributed by atoms with E-state index in [1.807, 2.05) is 30.3 Å². The maximum absolute atomic E-state index is 13.8. The summed E-state index contributed by atoms with van der Waals surface area (Å²) in [5.41, 5.74) is 0.857. The van der Waals surface area contributed by atoms with Crippen molar-refractivity contribution in [3.05, 3.63) is 35.9 Å². The van der Waals surface area contributed by atoms with Gasteiger partial charge in [0.05, 0.1) is 28.6 Å². The zero-order valence-corrected chi connectivity index (χ0v) is 27.2. The molecular weight excluding hydrogens is 564 g/mol. The number of carbonyl (C=O) groups excluding carboxylic acids is 2. The lowest BCUT2D eigenvalue weighted by Gasteiger charge is -2.33. The second-order valence-corrected chi connectivity index (χ2v) is 17.4. The average molecular weight is 619 g/mol. The first-order chi connectivity index (χ1) is 20.3. The van der Waals surface area contributed by atoms with E-state index in [4.69, 9.17) is 0 Å². The third kappa shape index (κ3) is 10.6. The molecule has 0 heterocycles. The first kappa shape index (κ1) is 33.9. The Balaban J connectivity index is 1.50. The summed E-state index contributed by atoms with van der Waals surface area (Å²) in [6.45, 7) is 4.91. The highest BCUT2D eigenvalue weighted by molar-refractivity contribution is 7.92. The van der Waals surface area contributed by atoms with Crippen LogP contribution >= 0.6 is 0 Å². The van der Waals surface area contributed by atoms with Crippen molar-refractivity contribution in [2.45, 2.75) is 133 Å². The lowest BCUT2D eigenvalue weighted by Crippen LogP contribution is -2.56. The van der Waals surface area contributed by atoms with Gasteiger partial charge in [0, 0.05) is 0 Å². The van der Waals surface area contributed by atoms with Crippen LogP contribution in [0, 0.1) is 23.7 Å². The summed E-state index contributed by atoms with van der Waals surface area (Å²) in [5.74, 6) is -0.855. The number of benzene rings is 1. The maximum Gasteiger partial charge on any atom is 0.242 e. The summed E-state index contributed by atoms with van der Waals surface area (Å²) in [4.78, 5) is 27.6. The number of sulfone groups is 1. The first-order valence-corrected chi connectivity index (χ1v) is 18.2. The normalized spacial score (nSPS) is 21.8. The number of nitrogens with one attached hydrogen (secondary N) is 2. The Labute approximate surface area is 258 Å². The van der Waals surface area contributed by atoms with Crippen LogP contribution in [0.5, 0.6) is 0 Å². The van der Waals surface area contributed by atoms with E-state index in [-0.39, 0.29) is 18.1 Å². The molecule has 0 bridgehead atoms. The molecule has 0 unspecified atom stereocenters. The quantitative estimate of drug-likeness (QED) is 0.218. The lowest BCUT2D eigenvalue weighted by atomic mass is 9.82. The van der Waals surface area contributed by atoms with Gasteiger partial charge in [0.25, 0.3) is 0 Å². The molecule has 0 aromatic heterocycles. The number of rotatable bonds is 16. The largest absolute Gasteiger partial charge is 0.390 e. The van der Waals surface area contributed by atoms with Gasteiger partial charge in [-0.1, -0.05) is 88.1 Å². The minimum Gasteiger partial charge on any atom is -0.390 e. The van der Waals surface area contributed by atoms with Gasteiger partial charge in [-0.05, 0) is 69.8 Å². The molecule has 9 heteroatoms. The number of hydrogen-bond acceptors (Lipinski definition) is 6. The molecule has 5 atom stereocenters. The highest BCUT2D eigenvalue weighted by Crippen LogP contribution is 2.36. The lowest BCUT2D eigenvalue weighted by molar-refractivity contribution is -0.132. The van der Waals surface area contributed by atoms with Crippen molar-refractivity contribution in [1.29, 1.82) is 0 Å². The van der Waals surface area contributed by atoms with E-state index < -0.39 is 50.7 Å². The summed E-state index contributed by atoms with van der Waals surface area (Å²) in [5, 5.41) is 28.1. The van der Waals surface area contributed by atoms with Gasteiger partial charge in [0.2, 0.25) is 11.8 Å². The first-order valence-electron chi connectivity index (χ1n) is 16.6. The molecule has 2 amide bonds. The molecule has 0 spiro atoms. The molecule has 3 aliphatic rings. The molecular formula is C34H54N2O6S. The van der Waals surface area contributed by atoms with Crippen LogP contribution in [-0.4, -0.2) is 65.2 Å². The van der Waals surface area contributed by atoms with Gasteiger partial charge in [-0.2, -0.15) is 0 Å². The Kier molecular flexibility index (Phi) is 11.7.